The van der Waals surface area contributed by atoms with Crippen LogP contribution >= 0.6 is 0 Å². The summed E-state index contributed by atoms with van der Waals surface area (Å²) in [5.41, 5.74) is -0.0117. The number of rotatable bonds is 11. The van der Waals surface area contributed by atoms with Crippen LogP contribution < -0.4 is 0 Å². The van der Waals surface area contributed by atoms with Crippen LogP contribution in [0, 0.1) is 28.6 Å². The molecule has 0 bridgehead atoms. The van der Waals surface area contributed by atoms with Crippen molar-refractivity contribution in [2.45, 2.75) is 123 Å². The first-order chi connectivity index (χ1) is 12.7. The van der Waals surface area contributed by atoms with Crippen molar-refractivity contribution in [2.24, 2.45) is 17.3 Å². The highest BCUT2D eigenvalue weighted by Crippen LogP contribution is 2.42. The van der Waals surface area contributed by atoms with Gasteiger partial charge in [0, 0.05) is 6.61 Å². The van der Waals surface area contributed by atoms with E-state index in [4.69, 9.17) is 4.74 Å². The zero-order chi connectivity index (χ0) is 18.7. The minimum absolute atomic E-state index is 0.0117. The molecule has 0 unspecified atom stereocenters. The predicted octanol–water partition coefficient (Wildman–Crippen LogP) is 7.42. The molecule has 2 saturated carbocycles. The molecule has 2 nitrogen and oxygen atoms in total. The fourth-order valence-electron chi connectivity index (χ4n) is 5.07. The van der Waals surface area contributed by atoms with Gasteiger partial charge in [0.15, 0.2) is 0 Å². The second-order valence-corrected chi connectivity index (χ2v) is 9.26. The van der Waals surface area contributed by atoms with Crippen LogP contribution in [0.2, 0.25) is 0 Å². The van der Waals surface area contributed by atoms with Gasteiger partial charge in [-0.3, -0.25) is 0 Å². The second kappa shape index (κ2) is 12.0. The van der Waals surface area contributed by atoms with Gasteiger partial charge in [0.1, 0.15) is 0 Å². The smallest absolute Gasteiger partial charge is 0.0689 e. The maximum atomic E-state index is 9.68. The minimum atomic E-state index is -0.0117. The van der Waals surface area contributed by atoms with Crippen LogP contribution in [-0.2, 0) is 4.74 Å². The van der Waals surface area contributed by atoms with E-state index >= 15 is 0 Å². The number of unbranched alkanes of at least 4 members (excludes halogenated alkanes) is 4. The van der Waals surface area contributed by atoms with Gasteiger partial charge in [0.25, 0.3) is 0 Å². The third kappa shape index (κ3) is 7.22. The molecule has 0 aromatic heterocycles. The van der Waals surface area contributed by atoms with E-state index in [1.54, 1.807) is 0 Å². The minimum Gasteiger partial charge on any atom is -0.378 e. The summed E-state index contributed by atoms with van der Waals surface area (Å²) in [6.07, 6.45) is 20.9. The Hall–Kier alpha value is -0.550. The maximum Gasteiger partial charge on any atom is 0.0689 e. The van der Waals surface area contributed by atoms with Gasteiger partial charge in [0.2, 0.25) is 0 Å². The molecule has 2 aliphatic rings. The van der Waals surface area contributed by atoms with E-state index in [-0.39, 0.29) is 5.41 Å². The van der Waals surface area contributed by atoms with Gasteiger partial charge in [-0.05, 0) is 69.6 Å². The van der Waals surface area contributed by atoms with Crippen molar-refractivity contribution in [3.05, 3.63) is 0 Å². The molecule has 2 aliphatic carbocycles. The average Bonchev–Trinajstić information content (AvgIpc) is 2.69. The normalized spacial score (nSPS) is 32.3. The molecule has 0 amide bonds. The molecule has 2 rings (SSSR count). The quantitative estimate of drug-likeness (QED) is 0.359. The molecule has 2 fully saturated rings. The molecule has 0 heterocycles. The zero-order valence-corrected chi connectivity index (χ0v) is 17.6. The Balaban J connectivity index is 1.59. The first-order valence-corrected chi connectivity index (χ1v) is 11.7. The van der Waals surface area contributed by atoms with Gasteiger partial charge in [-0.15, -0.1) is 0 Å². The Kier molecular flexibility index (Phi) is 10.1. The topological polar surface area (TPSA) is 33.0 Å². The first kappa shape index (κ1) is 21.7. The summed E-state index contributed by atoms with van der Waals surface area (Å²) >= 11 is 0. The van der Waals surface area contributed by atoms with Crippen LogP contribution in [-0.4, -0.2) is 12.7 Å². The predicted molar refractivity (Wildman–Crippen MR) is 110 cm³/mol. The van der Waals surface area contributed by atoms with Gasteiger partial charge in [0.05, 0.1) is 17.6 Å². The largest absolute Gasteiger partial charge is 0.378 e. The highest BCUT2D eigenvalue weighted by atomic mass is 16.5. The lowest BCUT2D eigenvalue weighted by atomic mass is 9.69. The number of hydrogen-bond acceptors (Lipinski definition) is 2. The lowest BCUT2D eigenvalue weighted by molar-refractivity contribution is -0.0135. The Morgan fingerprint density at radius 1 is 0.846 bits per heavy atom. The molecule has 0 spiro atoms. The number of nitriles is 1. The third-order valence-corrected chi connectivity index (χ3v) is 7.14. The average molecular weight is 362 g/mol. The molecule has 0 N–H and O–H groups in total. The number of ether oxygens (including phenoxy) is 1. The van der Waals surface area contributed by atoms with Gasteiger partial charge in [-0.25, -0.2) is 0 Å². The van der Waals surface area contributed by atoms with E-state index in [0.29, 0.717) is 12.0 Å². The van der Waals surface area contributed by atoms with Crippen LogP contribution in [0.25, 0.3) is 0 Å². The molecule has 0 atom stereocenters. The standard InChI is InChI=1S/C24H43NO/c1-3-5-7-9-21-10-12-23(13-11-21)26-19-22-14-17-24(20-25,18-15-22)16-8-6-4-2/h21-23H,3-19H2,1-2H3. The monoisotopic (exact) mass is 361 g/mol. The fourth-order valence-corrected chi connectivity index (χ4v) is 5.07. The summed E-state index contributed by atoms with van der Waals surface area (Å²) in [5.74, 6) is 1.67. The highest BCUT2D eigenvalue weighted by Gasteiger charge is 2.35. The Labute approximate surface area is 163 Å². The Bertz CT molecular complexity index is 397. The van der Waals surface area contributed by atoms with Gasteiger partial charge < -0.3 is 4.74 Å². The lowest BCUT2D eigenvalue weighted by Gasteiger charge is -2.36. The summed E-state index contributed by atoms with van der Waals surface area (Å²) in [6.45, 7) is 5.48. The molecule has 0 saturated heterocycles. The third-order valence-electron chi connectivity index (χ3n) is 7.14. The second-order valence-electron chi connectivity index (χ2n) is 9.26. The molecule has 2 heteroatoms. The van der Waals surface area contributed by atoms with Crippen molar-refractivity contribution < 1.29 is 4.74 Å². The zero-order valence-electron chi connectivity index (χ0n) is 17.6. The maximum absolute atomic E-state index is 9.68. The van der Waals surface area contributed by atoms with Crippen molar-refractivity contribution in [1.29, 1.82) is 5.26 Å². The molecule has 0 aliphatic heterocycles. The van der Waals surface area contributed by atoms with Gasteiger partial charge in [-0.1, -0.05) is 58.8 Å². The van der Waals surface area contributed by atoms with E-state index < -0.39 is 0 Å². The summed E-state index contributed by atoms with van der Waals surface area (Å²) in [4.78, 5) is 0. The number of nitrogens with zero attached hydrogens (tertiary/aromatic N) is 1. The summed E-state index contributed by atoms with van der Waals surface area (Å²) in [6, 6.07) is 2.69. The van der Waals surface area contributed by atoms with Gasteiger partial charge >= 0.3 is 0 Å². The van der Waals surface area contributed by atoms with Crippen LogP contribution in [0.15, 0.2) is 0 Å². The van der Waals surface area contributed by atoms with E-state index in [9.17, 15) is 5.26 Å². The molecular formula is C24H43NO. The molecule has 0 aromatic carbocycles. The van der Waals surface area contributed by atoms with Crippen molar-refractivity contribution in [3.8, 4) is 6.07 Å². The highest BCUT2D eigenvalue weighted by molar-refractivity contribution is 5.01. The molecular weight excluding hydrogens is 318 g/mol. The van der Waals surface area contributed by atoms with E-state index in [0.717, 1.165) is 31.8 Å². The molecule has 26 heavy (non-hydrogen) atoms. The van der Waals surface area contributed by atoms with Crippen molar-refractivity contribution in [1.82, 2.24) is 0 Å². The number of hydrogen-bond donors (Lipinski definition) is 0. The molecule has 0 radical (unpaired) electrons. The van der Waals surface area contributed by atoms with E-state index in [2.05, 4.69) is 19.9 Å². The van der Waals surface area contributed by atoms with E-state index in [1.807, 2.05) is 0 Å². The van der Waals surface area contributed by atoms with Crippen LogP contribution in [0.4, 0.5) is 0 Å². The van der Waals surface area contributed by atoms with Crippen LogP contribution in [0.1, 0.15) is 117 Å². The summed E-state index contributed by atoms with van der Waals surface area (Å²) in [5, 5.41) is 9.68. The van der Waals surface area contributed by atoms with Crippen LogP contribution in [0.5, 0.6) is 0 Å². The molecule has 0 aromatic rings. The van der Waals surface area contributed by atoms with E-state index in [1.165, 1.54) is 83.5 Å². The van der Waals surface area contributed by atoms with Gasteiger partial charge in [-0.2, -0.15) is 5.26 Å². The van der Waals surface area contributed by atoms with Crippen LogP contribution in [0.3, 0.4) is 0 Å². The lowest BCUT2D eigenvalue weighted by Crippen LogP contribution is -2.30. The van der Waals surface area contributed by atoms with Crippen molar-refractivity contribution in [2.75, 3.05) is 6.61 Å². The van der Waals surface area contributed by atoms with Crippen molar-refractivity contribution in [3.63, 3.8) is 0 Å². The summed E-state index contributed by atoms with van der Waals surface area (Å²) in [7, 11) is 0. The molecule has 150 valence electrons. The van der Waals surface area contributed by atoms with Crippen molar-refractivity contribution >= 4 is 0 Å². The summed E-state index contributed by atoms with van der Waals surface area (Å²) < 4.78 is 6.31. The Morgan fingerprint density at radius 3 is 2.12 bits per heavy atom. The fraction of sp³-hybridized carbons (Fsp3) is 0.958. The Morgan fingerprint density at radius 2 is 1.50 bits per heavy atom. The SMILES string of the molecule is CCCCCC1CCC(OCC2CCC(C#N)(CCCCC)CC2)CC1. The first-order valence-electron chi connectivity index (χ1n) is 11.7.